The summed E-state index contributed by atoms with van der Waals surface area (Å²) in [6.07, 6.45) is 3.53. The molecule has 0 saturated heterocycles. The van der Waals surface area contributed by atoms with E-state index >= 15 is 0 Å². The average molecular weight is 279 g/mol. The van der Waals surface area contributed by atoms with E-state index in [1.54, 1.807) is 0 Å². The zero-order valence-electron chi connectivity index (χ0n) is 11.7. The number of hydrogen-bond acceptors (Lipinski definition) is 4. The van der Waals surface area contributed by atoms with Gasteiger partial charge in [0.2, 0.25) is 0 Å². The van der Waals surface area contributed by atoms with Crippen molar-refractivity contribution in [2.24, 2.45) is 5.92 Å². The molecule has 0 aliphatic heterocycles. The lowest BCUT2D eigenvalue weighted by Crippen LogP contribution is -2.38. The number of nitrogens with zero attached hydrogens (tertiary/aromatic N) is 2. The fourth-order valence-corrected chi connectivity index (χ4v) is 2.25. The standard InChI is InChI=1S/C14H21N3O3/c1-2-8-17-13(19)6-5-12(16-17)14(20)15-11(7-9-18)10-3-4-10/h5-6,10-11,18H,2-4,7-9H2,1H3,(H,15,20). The quantitative estimate of drug-likeness (QED) is 0.763. The number of aliphatic hydroxyl groups is 1. The predicted molar refractivity (Wildman–Crippen MR) is 74.5 cm³/mol. The van der Waals surface area contributed by atoms with Crippen molar-refractivity contribution in [1.29, 1.82) is 0 Å². The molecule has 1 aromatic heterocycles. The topological polar surface area (TPSA) is 84.2 Å². The number of carbonyl (C=O) groups excluding carboxylic acids is 1. The minimum absolute atomic E-state index is 0.000790. The molecule has 1 saturated carbocycles. The third-order valence-electron chi connectivity index (χ3n) is 3.48. The fraction of sp³-hybridized carbons (Fsp3) is 0.643. The number of carbonyl (C=O) groups is 1. The zero-order chi connectivity index (χ0) is 14.5. The van der Waals surface area contributed by atoms with E-state index in [0.29, 0.717) is 18.9 Å². The Morgan fingerprint density at radius 1 is 1.55 bits per heavy atom. The van der Waals surface area contributed by atoms with Gasteiger partial charge in [0.25, 0.3) is 11.5 Å². The first-order valence-corrected chi connectivity index (χ1v) is 7.15. The van der Waals surface area contributed by atoms with Gasteiger partial charge in [-0.15, -0.1) is 0 Å². The third kappa shape index (κ3) is 3.66. The summed E-state index contributed by atoms with van der Waals surface area (Å²) in [5.41, 5.74) is 0.0548. The number of aryl methyl sites for hydroxylation is 1. The summed E-state index contributed by atoms with van der Waals surface area (Å²) in [6.45, 7) is 2.51. The van der Waals surface area contributed by atoms with Gasteiger partial charge >= 0.3 is 0 Å². The molecular weight excluding hydrogens is 258 g/mol. The second kappa shape index (κ2) is 6.65. The van der Waals surface area contributed by atoms with E-state index in [1.165, 1.54) is 16.8 Å². The van der Waals surface area contributed by atoms with Crippen LogP contribution in [0.4, 0.5) is 0 Å². The minimum Gasteiger partial charge on any atom is -0.396 e. The Kier molecular flexibility index (Phi) is 4.89. The van der Waals surface area contributed by atoms with E-state index in [1.807, 2.05) is 6.92 Å². The molecule has 1 fully saturated rings. The average Bonchev–Trinajstić information content (AvgIpc) is 3.25. The van der Waals surface area contributed by atoms with Crippen molar-refractivity contribution in [2.45, 2.75) is 45.2 Å². The summed E-state index contributed by atoms with van der Waals surface area (Å²) in [5.74, 6) is 0.188. The maximum atomic E-state index is 12.2. The molecule has 1 atom stereocenters. The SMILES string of the molecule is CCCn1nc(C(=O)NC(CCO)C2CC2)ccc1=O. The number of aromatic nitrogens is 2. The number of hydrogen-bond donors (Lipinski definition) is 2. The van der Waals surface area contributed by atoms with E-state index in [0.717, 1.165) is 19.3 Å². The van der Waals surface area contributed by atoms with Crippen LogP contribution in [0.15, 0.2) is 16.9 Å². The minimum atomic E-state index is -0.278. The molecule has 0 bridgehead atoms. The first kappa shape index (κ1) is 14.7. The van der Waals surface area contributed by atoms with Gasteiger partial charge in [-0.3, -0.25) is 9.59 Å². The molecule has 1 amide bonds. The van der Waals surface area contributed by atoms with Gasteiger partial charge < -0.3 is 10.4 Å². The van der Waals surface area contributed by atoms with E-state index in [2.05, 4.69) is 10.4 Å². The molecule has 1 heterocycles. The summed E-state index contributed by atoms with van der Waals surface area (Å²) < 4.78 is 1.31. The predicted octanol–water partition coefficient (Wildman–Crippen LogP) is 0.544. The van der Waals surface area contributed by atoms with Crippen molar-refractivity contribution in [3.05, 3.63) is 28.2 Å². The molecule has 1 aliphatic carbocycles. The molecular formula is C14H21N3O3. The normalized spacial score (nSPS) is 15.9. The van der Waals surface area contributed by atoms with Gasteiger partial charge in [-0.2, -0.15) is 5.10 Å². The van der Waals surface area contributed by atoms with E-state index in [9.17, 15) is 9.59 Å². The van der Waals surface area contributed by atoms with E-state index < -0.39 is 0 Å². The van der Waals surface area contributed by atoms with Crippen molar-refractivity contribution in [3.8, 4) is 0 Å². The van der Waals surface area contributed by atoms with Crippen molar-refractivity contribution in [1.82, 2.24) is 15.1 Å². The molecule has 2 rings (SSSR count). The monoisotopic (exact) mass is 279 g/mol. The molecule has 1 aliphatic rings. The van der Waals surface area contributed by atoms with E-state index in [-0.39, 0.29) is 29.8 Å². The lowest BCUT2D eigenvalue weighted by molar-refractivity contribution is 0.0916. The number of rotatable bonds is 7. The van der Waals surface area contributed by atoms with Crippen LogP contribution < -0.4 is 10.9 Å². The molecule has 1 unspecified atom stereocenters. The number of aliphatic hydroxyl groups excluding tert-OH is 1. The van der Waals surface area contributed by atoms with Gasteiger partial charge in [0.15, 0.2) is 0 Å². The van der Waals surface area contributed by atoms with Crippen LogP contribution in [-0.4, -0.2) is 33.4 Å². The highest BCUT2D eigenvalue weighted by Crippen LogP contribution is 2.33. The Labute approximate surface area is 117 Å². The molecule has 0 spiro atoms. The highest BCUT2D eigenvalue weighted by atomic mass is 16.3. The van der Waals surface area contributed by atoms with Crippen LogP contribution in [0.1, 0.15) is 43.1 Å². The largest absolute Gasteiger partial charge is 0.396 e. The first-order chi connectivity index (χ1) is 9.65. The van der Waals surface area contributed by atoms with Gasteiger partial charge in [-0.25, -0.2) is 4.68 Å². The van der Waals surface area contributed by atoms with Crippen molar-refractivity contribution in [3.63, 3.8) is 0 Å². The Bertz CT molecular complexity index is 523. The summed E-state index contributed by atoms with van der Waals surface area (Å²) in [4.78, 5) is 23.7. The second-order valence-electron chi connectivity index (χ2n) is 5.21. The van der Waals surface area contributed by atoms with Crippen LogP contribution in [0.3, 0.4) is 0 Å². The zero-order valence-corrected chi connectivity index (χ0v) is 11.7. The Morgan fingerprint density at radius 3 is 2.90 bits per heavy atom. The van der Waals surface area contributed by atoms with E-state index in [4.69, 9.17) is 5.11 Å². The molecule has 0 aromatic carbocycles. The molecule has 6 heteroatoms. The number of amides is 1. The van der Waals surface area contributed by atoms with Crippen LogP contribution >= 0.6 is 0 Å². The van der Waals surface area contributed by atoms with Gasteiger partial charge in [0.05, 0.1) is 0 Å². The van der Waals surface area contributed by atoms with Crippen LogP contribution in [0.5, 0.6) is 0 Å². The molecule has 6 nitrogen and oxygen atoms in total. The van der Waals surface area contributed by atoms with Crippen LogP contribution in [0.25, 0.3) is 0 Å². The number of nitrogens with one attached hydrogen (secondary N) is 1. The Morgan fingerprint density at radius 2 is 2.30 bits per heavy atom. The van der Waals surface area contributed by atoms with Gasteiger partial charge in [0, 0.05) is 25.3 Å². The summed E-state index contributed by atoms with van der Waals surface area (Å²) in [5, 5.41) is 16.0. The summed E-state index contributed by atoms with van der Waals surface area (Å²) in [6, 6.07) is 2.82. The van der Waals surface area contributed by atoms with Crippen LogP contribution in [-0.2, 0) is 6.54 Å². The summed E-state index contributed by atoms with van der Waals surface area (Å²) in [7, 11) is 0. The van der Waals surface area contributed by atoms with Crippen LogP contribution in [0, 0.1) is 5.92 Å². The third-order valence-corrected chi connectivity index (χ3v) is 3.48. The highest BCUT2D eigenvalue weighted by molar-refractivity contribution is 5.92. The molecule has 20 heavy (non-hydrogen) atoms. The Balaban J connectivity index is 2.07. The summed E-state index contributed by atoms with van der Waals surface area (Å²) >= 11 is 0. The van der Waals surface area contributed by atoms with Crippen molar-refractivity contribution in [2.75, 3.05) is 6.61 Å². The van der Waals surface area contributed by atoms with Crippen LogP contribution in [0.2, 0.25) is 0 Å². The maximum Gasteiger partial charge on any atom is 0.271 e. The van der Waals surface area contributed by atoms with Gasteiger partial charge in [0.1, 0.15) is 5.69 Å². The first-order valence-electron chi connectivity index (χ1n) is 7.15. The molecule has 2 N–H and O–H groups in total. The van der Waals surface area contributed by atoms with Gasteiger partial charge in [-0.1, -0.05) is 6.92 Å². The van der Waals surface area contributed by atoms with Crippen molar-refractivity contribution >= 4 is 5.91 Å². The molecule has 0 radical (unpaired) electrons. The van der Waals surface area contributed by atoms with Gasteiger partial charge in [-0.05, 0) is 37.7 Å². The molecule has 110 valence electrons. The highest BCUT2D eigenvalue weighted by Gasteiger charge is 2.32. The van der Waals surface area contributed by atoms with Crippen molar-refractivity contribution < 1.29 is 9.90 Å². The second-order valence-corrected chi connectivity index (χ2v) is 5.21. The lowest BCUT2D eigenvalue weighted by atomic mass is 10.1. The maximum absolute atomic E-state index is 12.2. The molecule has 1 aromatic rings. The Hall–Kier alpha value is -1.69. The fourth-order valence-electron chi connectivity index (χ4n) is 2.25. The smallest absolute Gasteiger partial charge is 0.271 e. The lowest BCUT2D eigenvalue weighted by Gasteiger charge is -2.17.